The van der Waals surface area contributed by atoms with Gasteiger partial charge < -0.3 is 10.2 Å². The van der Waals surface area contributed by atoms with Gasteiger partial charge in [0.25, 0.3) is 15.9 Å². The van der Waals surface area contributed by atoms with Gasteiger partial charge in [0.15, 0.2) is 0 Å². The van der Waals surface area contributed by atoms with Crippen molar-refractivity contribution in [3.63, 3.8) is 0 Å². The summed E-state index contributed by atoms with van der Waals surface area (Å²) in [7, 11) is -2.50. The predicted molar refractivity (Wildman–Crippen MR) is 115 cm³/mol. The van der Waals surface area contributed by atoms with Crippen LogP contribution in [0.2, 0.25) is 0 Å². The molecule has 0 aromatic heterocycles. The summed E-state index contributed by atoms with van der Waals surface area (Å²) in [6.07, 6.45) is -0.230. The highest BCUT2D eigenvalue weighted by Crippen LogP contribution is 2.30. The highest BCUT2D eigenvalue weighted by molar-refractivity contribution is 7.90. The Balaban J connectivity index is 1.78. The first-order chi connectivity index (χ1) is 14.7. The van der Waals surface area contributed by atoms with Gasteiger partial charge in [0, 0.05) is 26.6 Å². The molecule has 2 aromatic rings. The lowest BCUT2D eigenvalue weighted by molar-refractivity contribution is -0.140. The van der Waals surface area contributed by atoms with Crippen LogP contribution in [0.15, 0.2) is 53.4 Å². The fourth-order valence-electron chi connectivity index (χ4n) is 3.47. The van der Waals surface area contributed by atoms with E-state index in [2.05, 4.69) is 5.32 Å². The number of likely N-dealkylation sites (N-methyl/N-ethyl adjacent to an activating group) is 1. The number of hydrogen-bond acceptors (Lipinski definition) is 5. The minimum Gasteiger partial charge on any atom is -0.357 e. The number of fused-ring (bicyclic) bond motifs is 1. The molecule has 0 fully saturated rings. The van der Waals surface area contributed by atoms with E-state index in [9.17, 15) is 22.8 Å². The van der Waals surface area contributed by atoms with Gasteiger partial charge in [-0.2, -0.15) is 0 Å². The normalized spacial score (nSPS) is 15.3. The number of nitrogens with zero attached hydrogens (tertiary/aromatic N) is 2. The van der Waals surface area contributed by atoms with Gasteiger partial charge >= 0.3 is 0 Å². The maximum Gasteiger partial charge on any atom is 0.269 e. The standard InChI is InChI=1S/C22H25N3O5S/c1-15-8-10-17(11-9-15)14-24(16(2)21(27)23-3)20(26)12-13-25-22(28)18-6-4-5-7-19(18)31(25,29)30/h4-11,16H,12-14H2,1-3H3,(H,23,27)/t16-/m1/s1. The largest absolute Gasteiger partial charge is 0.357 e. The van der Waals surface area contributed by atoms with Gasteiger partial charge in [-0.05, 0) is 31.5 Å². The van der Waals surface area contributed by atoms with E-state index in [0.29, 0.717) is 0 Å². The number of carbonyl (C=O) groups excluding carboxylic acids is 3. The Morgan fingerprint density at radius 1 is 1.10 bits per heavy atom. The van der Waals surface area contributed by atoms with Gasteiger partial charge in [-0.1, -0.05) is 42.0 Å². The molecule has 0 spiro atoms. The first kappa shape index (κ1) is 22.5. The SMILES string of the molecule is CNC(=O)[C@@H](C)N(Cc1ccc(C)cc1)C(=O)CCN1C(=O)c2ccccc2S1(=O)=O. The number of amides is 3. The average molecular weight is 444 g/mol. The molecule has 1 aliphatic rings. The van der Waals surface area contributed by atoms with E-state index in [1.54, 1.807) is 19.1 Å². The molecule has 2 aromatic carbocycles. The Hall–Kier alpha value is -3.20. The zero-order chi connectivity index (χ0) is 22.8. The lowest BCUT2D eigenvalue weighted by Crippen LogP contribution is -2.47. The van der Waals surface area contributed by atoms with E-state index in [1.165, 1.54) is 24.1 Å². The van der Waals surface area contributed by atoms with Crippen LogP contribution >= 0.6 is 0 Å². The fraction of sp³-hybridized carbons (Fsp3) is 0.318. The summed E-state index contributed by atoms with van der Waals surface area (Å²) in [6, 6.07) is 12.8. The molecular weight excluding hydrogens is 418 g/mol. The van der Waals surface area contributed by atoms with Crippen LogP contribution < -0.4 is 5.32 Å². The summed E-state index contributed by atoms with van der Waals surface area (Å²) in [5.41, 5.74) is 2.01. The molecule has 0 unspecified atom stereocenters. The number of sulfonamides is 1. The van der Waals surface area contributed by atoms with Gasteiger partial charge in [-0.3, -0.25) is 14.4 Å². The molecule has 3 amide bonds. The molecule has 0 radical (unpaired) electrons. The Bertz CT molecular complexity index is 1110. The maximum atomic E-state index is 13.0. The molecule has 8 nitrogen and oxygen atoms in total. The molecule has 0 aliphatic carbocycles. The Morgan fingerprint density at radius 2 is 1.74 bits per heavy atom. The van der Waals surface area contributed by atoms with Crippen LogP contribution in [-0.2, 0) is 26.2 Å². The number of carbonyl (C=O) groups is 3. The smallest absolute Gasteiger partial charge is 0.269 e. The molecule has 0 saturated carbocycles. The van der Waals surface area contributed by atoms with E-state index >= 15 is 0 Å². The molecular formula is C22H25N3O5S. The molecule has 9 heteroatoms. The van der Waals surface area contributed by atoms with E-state index < -0.39 is 27.9 Å². The second-order valence-corrected chi connectivity index (χ2v) is 9.26. The number of rotatable bonds is 7. The minimum atomic E-state index is -3.99. The minimum absolute atomic E-state index is 0.0531. The van der Waals surface area contributed by atoms with Crippen molar-refractivity contribution in [2.75, 3.05) is 13.6 Å². The fourth-order valence-corrected chi connectivity index (χ4v) is 5.04. The summed E-state index contributed by atoms with van der Waals surface area (Å²) in [5.74, 6) is -1.40. The molecule has 0 bridgehead atoms. The van der Waals surface area contributed by atoms with E-state index in [0.717, 1.165) is 15.4 Å². The van der Waals surface area contributed by atoms with Crippen LogP contribution in [0.5, 0.6) is 0 Å². The van der Waals surface area contributed by atoms with E-state index in [-0.39, 0.29) is 35.9 Å². The third kappa shape index (κ3) is 4.46. The molecule has 31 heavy (non-hydrogen) atoms. The van der Waals surface area contributed by atoms with Crippen molar-refractivity contribution in [1.82, 2.24) is 14.5 Å². The third-order valence-corrected chi connectivity index (χ3v) is 7.17. The summed E-state index contributed by atoms with van der Waals surface area (Å²) >= 11 is 0. The third-order valence-electron chi connectivity index (χ3n) is 5.33. The first-order valence-corrected chi connectivity index (χ1v) is 11.3. The van der Waals surface area contributed by atoms with Crippen LogP contribution in [0.3, 0.4) is 0 Å². The number of aryl methyl sites for hydroxylation is 1. The first-order valence-electron chi connectivity index (χ1n) is 9.89. The second kappa shape index (κ2) is 8.89. The van der Waals surface area contributed by atoms with Crippen LogP contribution in [0.25, 0.3) is 0 Å². The number of hydrogen-bond donors (Lipinski definition) is 1. The molecule has 1 heterocycles. The predicted octanol–water partition coefficient (Wildman–Crippen LogP) is 1.69. The number of nitrogens with one attached hydrogen (secondary N) is 1. The van der Waals surface area contributed by atoms with Crippen molar-refractivity contribution in [3.05, 3.63) is 65.2 Å². The summed E-state index contributed by atoms with van der Waals surface area (Å²) in [4.78, 5) is 39.1. The van der Waals surface area contributed by atoms with Crippen LogP contribution in [-0.4, -0.2) is 55.0 Å². The Labute approximate surface area is 181 Å². The Morgan fingerprint density at radius 3 is 2.35 bits per heavy atom. The van der Waals surface area contributed by atoms with Gasteiger partial charge in [0.2, 0.25) is 11.8 Å². The highest BCUT2D eigenvalue weighted by atomic mass is 32.2. The van der Waals surface area contributed by atoms with Crippen molar-refractivity contribution in [2.45, 2.75) is 37.8 Å². The van der Waals surface area contributed by atoms with Crippen LogP contribution in [0, 0.1) is 6.92 Å². The van der Waals surface area contributed by atoms with Gasteiger partial charge in [-0.25, -0.2) is 12.7 Å². The van der Waals surface area contributed by atoms with Crippen molar-refractivity contribution in [2.24, 2.45) is 0 Å². The quantitative estimate of drug-likeness (QED) is 0.701. The molecule has 0 saturated heterocycles. The Kier molecular flexibility index (Phi) is 6.45. The van der Waals surface area contributed by atoms with Crippen molar-refractivity contribution >= 4 is 27.7 Å². The monoisotopic (exact) mass is 443 g/mol. The zero-order valence-corrected chi connectivity index (χ0v) is 18.5. The highest BCUT2D eigenvalue weighted by Gasteiger charge is 2.41. The maximum absolute atomic E-state index is 13.0. The lowest BCUT2D eigenvalue weighted by atomic mass is 10.1. The molecule has 164 valence electrons. The van der Waals surface area contributed by atoms with E-state index in [1.807, 2.05) is 31.2 Å². The molecule has 1 N–H and O–H groups in total. The number of benzene rings is 2. The molecule has 1 aliphatic heterocycles. The molecule has 3 rings (SSSR count). The van der Waals surface area contributed by atoms with Crippen molar-refractivity contribution < 1.29 is 22.8 Å². The van der Waals surface area contributed by atoms with Crippen molar-refractivity contribution in [1.29, 1.82) is 0 Å². The van der Waals surface area contributed by atoms with Gasteiger partial charge in [0.05, 0.1) is 5.56 Å². The second-order valence-electron chi connectivity index (χ2n) is 7.43. The summed E-state index contributed by atoms with van der Waals surface area (Å²) < 4.78 is 26.1. The average Bonchev–Trinajstić information content (AvgIpc) is 2.96. The zero-order valence-electron chi connectivity index (χ0n) is 17.7. The van der Waals surface area contributed by atoms with Crippen LogP contribution in [0.4, 0.5) is 0 Å². The summed E-state index contributed by atoms with van der Waals surface area (Å²) in [5, 5.41) is 2.53. The van der Waals surface area contributed by atoms with Gasteiger partial charge in [0.1, 0.15) is 10.9 Å². The van der Waals surface area contributed by atoms with Gasteiger partial charge in [-0.15, -0.1) is 0 Å². The van der Waals surface area contributed by atoms with E-state index in [4.69, 9.17) is 0 Å². The lowest BCUT2D eigenvalue weighted by Gasteiger charge is -2.29. The van der Waals surface area contributed by atoms with Crippen molar-refractivity contribution in [3.8, 4) is 0 Å². The van der Waals surface area contributed by atoms with Crippen LogP contribution in [0.1, 0.15) is 34.8 Å². The molecule has 1 atom stereocenters. The topological polar surface area (TPSA) is 104 Å². The summed E-state index contributed by atoms with van der Waals surface area (Å²) in [6.45, 7) is 3.46.